The molecule has 9 nitrogen and oxygen atoms in total. The number of nitrogens with zero attached hydrogens (tertiary/aromatic N) is 1. The van der Waals surface area contributed by atoms with Crippen molar-refractivity contribution in [3.8, 4) is 0 Å². The van der Waals surface area contributed by atoms with Crippen LogP contribution in [0.2, 0.25) is 0 Å². The number of hydrogen-bond acceptors (Lipinski definition) is 8. The Morgan fingerprint density at radius 1 is 0.612 bits per heavy atom. The molecule has 0 fully saturated rings. The number of ether oxygens (including phenoxy) is 2. The Morgan fingerprint density at radius 3 is 1.57 bits per heavy atom. The lowest BCUT2D eigenvalue weighted by molar-refractivity contribution is -0.870. The third-order valence-electron chi connectivity index (χ3n) is 8.19. The Labute approximate surface area is 300 Å². The first kappa shape index (κ1) is 47.5. The molecule has 0 aromatic carbocycles. The first-order valence-electron chi connectivity index (χ1n) is 19.5. The summed E-state index contributed by atoms with van der Waals surface area (Å²) in [6, 6.07) is 0. The van der Waals surface area contributed by atoms with Crippen molar-refractivity contribution in [3.63, 3.8) is 0 Å². The summed E-state index contributed by atoms with van der Waals surface area (Å²) in [7, 11) is 1.15. The van der Waals surface area contributed by atoms with Gasteiger partial charge in [-0.1, -0.05) is 115 Å². The largest absolute Gasteiger partial charge is 0.756 e. The van der Waals surface area contributed by atoms with Crippen LogP contribution in [0.15, 0.2) is 24.3 Å². The van der Waals surface area contributed by atoms with E-state index in [2.05, 4.69) is 38.2 Å². The van der Waals surface area contributed by atoms with Crippen LogP contribution in [0.3, 0.4) is 0 Å². The van der Waals surface area contributed by atoms with E-state index >= 15 is 0 Å². The van der Waals surface area contributed by atoms with Crippen LogP contribution in [0.5, 0.6) is 0 Å². The van der Waals surface area contributed by atoms with E-state index in [0.717, 1.165) is 77.0 Å². The van der Waals surface area contributed by atoms with Gasteiger partial charge in [-0.3, -0.25) is 14.2 Å². The molecule has 0 saturated carbocycles. The fourth-order valence-corrected chi connectivity index (χ4v) is 5.77. The van der Waals surface area contributed by atoms with Crippen LogP contribution in [0.1, 0.15) is 162 Å². The van der Waals surface area contributed by atoms with Crippen molar-refractivity contribution in [2.45, 2.75) is 168 Å². The van der Waals surface area contributed by atoms with E-state index in [1.165, 1.54) is 51.4 Å². The van der Waals surface area contributed by atoms with Gasteiger partial charge in [0.2, 0.25) is 0 Å². The first-order valence-corrected chi connectivity index (χ1v) is 21.0. The Bertz CT molecular complexity index is 902. The molecule has 0 aliphatic carbocycles. The summed E-state index contributed by atoms with van der Waals surface area (Å²) >= 11 is 0. The van der Waals surface area contributed by atoms with Crippen molar-refractivity contribution in [1.29, 1.82) is 0 Å². The van der Waals surface area contributed by atoms with E-state index in [9.17, 15) is 19.0 Å². The molecule has 0 spiro atoms. The highest BCUT2D eigenvalue weighted by atomic mass is 31.2. The summed E-state index contributed by atoms with van der Waals surface area (Å²) in [5.74, 6) is -0.857. The molecule has 0 N–H and O–H groups in total. The summed E-state index contributed by atoms with van der Waals surface area (Å²) in [5.41, 5.74) is 0. The lowest BCUT2D eigenvalue weighted by Gasteiger charge is -2.28. The standard InChI is InChI=1S/C39H74NO8P/c1-6-8-10-12-14-16-18-19-20-22-23-25-27-29-31-38(41)45-35-37(36-47-49(43,44)46-34-33-40(3,4)5)48-39(42)32-30-28-26-24-21-17-15-13-11-9-7-2/h13,15,18-19,37H,6-12,14,16-17,20-36H2,1-5H3/b15-13-,19-18-/t37-/m1/s1. The summed E-state index contributed by atoms with van der Waals surface area (Å²) < 4.78 is 33.7. The van der Waals surface area contributed by atoms with E-state index in [4.69, 9.17) is 18.5 Å². The predicted molar refractivity (Wildman–Crippen MR) is 199 cm³/mol. The second kappa shape index (κ2) is 32.4. The second-order valence-electron chi connectivity index (χ2n) is 14.3. The molecule has 1 unspecified atom stereocenters. The third-order valence-corrected chi connectivity index (χ3v) is 9.16. The quantitative estimate of drug-likeness (QED) is 0.0210. The van der Waals surface area contributed by atoms with Crippen LogP contribution >= 0.6 is 7.82 Å². The highest BCUT2D eigenvalue weighted by Crippen LogP contribution is 2.38. The van der Waals surface area contributed by atoms with Gasteiger partial charge >= 0.3 is 11.9 Å². The number of carbonyl (C=O) groups excluding carboxylic acids is 2. The third kappa shape index (κ3) is 36.1. The second-order valence-corrected chi connectivity index (χ2v) is 15.7. The van der Waals surface area contributed by atoms with Gasteiger partial charge < -0.3 is 27.9 Å². The van der Waals surface area contributed by atoms with E-state index in [1.807, 2.05) is 21.1 Å². The van der Waals surface area contributed by atoms with Gasteiger partial charge in [-0.05, 0) is 57.8 Å². The number of rotatable bonds is 35. The number of unbranched alkanes of at least 4 members (excludes halogenated alkanes) is 17. The SMILES string of the molecule is CCCC/C=C\CCCCCCCC(=O)O[C@H](COC(=O)CCCCCCC/C=C\CCCCCCC)COP(=O)([O-])OCC[N+](C)(C)C. The van der Waals surface area contributed by atoms with Crippen LogP contribution in [-0.2, 0) is 32.7 Å². The maximum atomic E-state index is 12.6. The molecule has 49 heavy (non-hydrogen) atoms. The number of allylic oxidation sites excluding steroid dienone is 4. The monoisotopic (exact) mass is 716 g/mol. The van der Waals surface area contributed by atoms with Gasteiger partial charge in [0.05, 0.1) is 27.7 Å². The van der Waals surface area contributed by atoms with Crippen molar-refractivity contribution in [3.05, 3.63) is 24.3 Å². The molecule has 0 aromatic rings. The van der Waals surface area contributed by atoms with Gasteiger partial charge in [-0.15, -0.1) is 0 Å². The van der Waals surface area contributed by atoms with Crippen molar-refractivity contribution < 1.29 is 42.1 Å². The molecule has 0 aliphatic heterocycles. The number of esters is 2. The smallest absolute Gasteiger partial charge is 0.306 e. The highest BCUT2D eigenvalue weighted by Gasteiger charge is 2.21. The fourth-order valence-electron chi connectivity index (χ4n) is 5.04. The van der Waals surface area contributed by atoms with Gasteiger partial charge in [0.15, 0.2) is 6.10 Å². The van der Waals surface area contributed by atoms with Crippen LogP contribution < -0.4 is 4.89 Å². The lowest BCUT2D eigenvalue weighted by Crippen LogP contribution is -2.37. The van der Waals surface area contributed by atoms with Gasteiger partial charge in [0.1, 0.15) is 19.8 Å². The maximum Gasteiger partial charge on any atom is 0.306 e. The molecule has 0 bridgehead atoms. The van der Waals surface area contributed by atoms with Gasteiger partial charge in [-0.25, -0.2) is 0 Å². The number of carbonyl (C=O) groups is 2. The van der Waals surface area contributed by atoms with Crippen LogP contribution in [0.25, 0.3) is 0 Å². The van der Waals surface area contributed by atoms with Gasteiger partial charge in [-0.2, -0.15) is 0 Å². The Kier molecular flexibility index (Phi) is 31.4. The summed E-state index contributed by atoms with van der Waals surface area (Å²) in [4.78, 5) is 37.3. The number of phosphoric ester groups is 1. The van der Waals surface area contributed by atoms with Crippen LogP contribution in [0.4, 0.5) is 0 Å². The zero-order valence-electron chi connectivity index (χ0n) is 32.1. The average Bonchev–Trinajstić information content (AvgIpc) is 3.04. The Balaban J connectivity index is 4.44. The van der Waals surface area contributed by atoms with Crippen molar-refractivity contribution in [2.75, 3.05) is 47.5 Å². The first-order chi connectivity index (χ1) is 23.5. The average molecular weight is 716 g/mol. The molecule has 0 saturated heterocycles. The Morgan fingerprint density at radius 2 is 1.06 bits per heavy atom. The van der Waals surface area contributed by atoms with Crippen molar-refractivity contribution in [1.82, 2.24) is 0 Å². The molecule has 0 radical (unpaired) electrons. The Hall–Kier alpha value is -1.51. The summed E-state index contributed by atoms with van der Waals surface area (Å²) in [5, 5.41) is 0. The zero-order valence-corrected chi connectivity index (χ0v) is 33.0. The van der Waals surface area contributed by atoms with E-state index in [0.29, 0.717) is 17.4 Å². The number of hydrogen-bond donors (Lipinski definition) is 0. The molecule has 0 rings (SSSR count). The normalized spacial score (nSPS) is 14.0. The number of quaternary nitrogens is 1. The van der Waals surface area contributed by atoms with Crippen molar-refractivity contribution in [2.24, 2.45) is 0 Å². The fraction of sp³-hybridized carbons (Fsp3) is 0.846. The predicted octanol–water partition coefficient (Wildman–Crippen LogP) is 9.77. The molecular formula is C39H74NO8P. The molecule has 288 valence electrons. The number of phosphoric acid groups is 1. The topological polar surface area (TPSA) is 111 Å². The van der Waals surface area contributed by atoms with E-state index in [1.54, 1.807) is 0 Å². The van der Waals surface area contributed by atoms with Crippen LogP contribution in [-0.4, -0.2) is 70.0 Å². The van der Waals surface area contributed by atoms with Crippen LogP contribution in [0, 0.1) is 0 Å². The zero-order chi connectivity index (χ0) is 36.5. The summed E-state index contributed by atoms with van der Waals surface area (Å²) in [6.07, 6.45) is 32.0. The van der Waals surface area contributed by atoms with Gasteiger partial charge in [0.25, 0.3) is 7.82 Å². The molecule has 0 aliphatic rings. The van der Waals surface area contributed by atoms with Gasteiger partial charge in [0, 0.05) is 12.8 Å². The van der Waals surface area contributed by atoms with E-state index < -0.39 is 32.5 Å². The lowest BCUT2D eigenvalue weighted by atomic mass is 10.1. The minimum absolute atomic E-state index is 0.0330. The summed E-state index contributed by atoms with van der Waals surface area (Å²) in [6.45, 7) is 4.14. The minimum atomic E-state index is -4.62. The molecular weight excluding hydrogens is 641 g/mol. The minimum Gasteiger partial charge on any atom is -0.756 e. The number of likely N-dealkylation sites (N-methyl/N-ethyl adjacent to an activating group) is 1. The maximum absolute atomic E-state index is 12.6. The van der Waals surface area contributed by atoms with Crippen molar-refractivity contribution >= 4 is 19.8 Å². The van der Waals surface area contributed by atoms with E-state index in [-0.39, 0.29) is 26.1 Å². The molecule has 0 amide bonds. The molecule has 10 heteroatoms. The highest BCUT2D eigenvalue weighted by molar-refractivity contribution is 7.45. The molecule has 0 heterocycles. The molecule has 0 aromatic heterocycles. The molecule has 2 atom stereocenters.